The molecule has 146 valence electrons. The Hall–Kier alpha value is -1.27. The highest BCUT2D eigenvalue weighted by atomic mass is 127. The highest BCUT2D eigenvalue weighted by Crippen LogP contribution is 2.24. The van der Waals surface area contributed by atoms with E-state index in [0.717, 1.165) is 7.05 Å². The standard InChI is InChI=1S/C14H23F3N4O3.HI/c1-9-6-21(7-10(9)12(23)24-4)13(18-2)19-5-11(22)20(3)8-14(15,16)17;/h9-10H,5-8H2,1-4H3,(H,18,19);1H. The van der Waals surface area contributed by atoms with Crippen LogP contribution < -0.4 is 5.32 Å². The average Bonchev–Trinajstić information content (AvgIpc) is 2.87. The summed E-state index contributed by atoms with van der Waals surface area (Å²) >= 11 is 0. The van der Waals surface area contributed by atoms with Gasteiger partial charge >= 0.3 is 12.1 Å². The second-order valence-corrected chi connectivity index (χ2v) is 5.78. The number of hydrogen-bond donors (Lipinski definition) is 1. The summed E-state index contributed by atoms with van der Waals surface area (Å²) < 4.78 is 41.6. The summed E-state index contributed by atoms with van der Waals surface area (Å²) in [6.07, 6.45) is -4.44. The number of guanidine groups is 1. The van der Waals surface area contributed by atoms with Crippen LogP contribution in [0.1, 0.15) is 6.92 Å². The number of likely N-dealkylation sites (tertiary alicyclic amines) is 1. The number of likely N-dealkylation sites (N-methyl/N-ethyl adjacent to an activating group) is 1. The number of nitrogens with zero attached hydrogens (tertiary/aromatic N) is 3. The molecule has 0 saturated carbocycles. The SMILES string of the molecule is CN=C(NCC(=O)N(C)CC(F)(F)F)N1CC(C)C(C(=O)OC)C1.I. The van der Waals surface area contributed by atoms with Gasteiger partial charge in [-0.2, -0.15) is 13.2 Å². The molecule has 0 radical (unpaired) electrons. The Labute approximate surface area is 162 Å². The smallest absolute Gasteiger partial charge is 0.406 e. The molecule has 1 aliphatic rings. The van der Waals surface area contributed by atoms with E-state index in [1.165, 1.54) is 14.2 Å². The number of carbonyl (C=O) groups is 2. The predicted octanol–water partition coefficient (Wildman–Crippen LogP) is 0.941. The van der Waals surface area contributed by atoms with E-state index in [1.807, 2.05) is 6.92 Å². The number of carbonyl (C=O) groups excluding carboxylic acids is 2. The van der Waals surface area contributed by atoms with Crippen molar-refractivity contribution in [2.75, 3.05) is 47.4 Å². The fourth-order valence-corrected chi connectivity index (χ4v) is 2.58. The maximum Gasteiger partial charge on any atom is 0.406 e. The molecule has 1 heterocycles. The van der Waals surface area contributed by atoms with Crippen molar-refractivity contribution in [2.45, 2.75) is 13.1 Å². The van der Waals surface area contributed by atoms with Crippen LogP contribution in [0.4, 0.5) is 13.2 Å². The number of methoxy groups -OCH3 is 1. The van der Waals surface area contributed by atoms with Crippen molar-refractivity contribution in [1.29, 1.82) is 0 Å². The second-order valence-electron chi connectivity index (χ2n) is 5.78. The molecule has 2 atom stereocenters. The van der Waals surface area contributed by atoms with Crippen LogP contribution in [0.2, 0.25) is 0 Å². The number of esters is 1. The van der Waals surface area contributed by atoms with Crippen LogP contribution in [0.3, 0.4) is 0 Å². The third kappa shape index (κ3) is 7.24. The summed E-state index contributed by atoms with van der Waals surface area (Å²) in [5.41, 5.74) is 0. The topological polar surface area (TPSA) is 74.2 Å². The van der Waals surface area contributed by atoms with E-state index in [2.05, 4.69) is 10.3 Å². The van der Waals surface area contributed by atoms with Crippen molar-refractivity contribution in [1.82, 2.24) is 15.1 Å². The summed E-state index contributed by atoms with van der Waals surface area (Å²) in [6, 6.07) is 0. The van der Waals surface area contributed by atoms with Crippen LogP contribution in [0.25, 0.3) is 0 Å². The fraction of sp³-hybridized carbons (Fsp3) is 0.786. The van der Waals surface area contributed by atoms with Crippen LogP contribution in [-0.2, 0) is 14.3 Å². The number of halogens is 4. The van der Waals surface area contributed by atoms with Crippen molar-refractivity contribution in [3.63, 3.8) is 0 Å². The monoisotopic (exact) mass is 480 g/mol. The average molecular weight is 480 g/mol. The van der Waals surface area contributed by atoms with E-state index in [-0.39, 0.29) is 48.3 Å². The van der Waals surface area contributed by atoms with Gasteiger partial charge < -0.3 is 19.9 Å². The van der Waals surface area contributed by atoms with Crippen LogP contribution in [0.15, 0.2) is 4.99 Å². The highest BCUT2D eigenvalue weighted by molar-refractivity contribution is 14.0. The van der Waals surface area contributed by atoms with Gasteiger partial charge in [0.2, 0.25) is 5.91 Å². The zero-order valence-corrected chi connectivity index (χ0v) is 16.9. The minimum atomic E-state index is -4.44. The Bertz CT molecular complexity index is 502. The molecule has 7 nitrogen and oxygen atoms in total. The summed E-state index contributed by atoms with van der Waals surface area (Å²) in [5, 5.41) is 2.74. The summed E-state index contributed by atoms with van der Waals surface area (Å²) in [4.78, 5) is 29.8. The Morgan fingerprint density at radius 1 is 1.36 bits per heavy atom. The van der Waals surface area contributed by atoms with Crippen LogP contribution in [-0.4, -0.2) is 81.2 Å². The third-order valence-corrected chi connectivity index (χ3v) is 3.87. The molecule has 1 N–H and O–H groups in total. The van der Waals surface area contributed by atoms with Gasteiger partial charge in [-0.1, -0.05) is 6.92 Å². The molecule has 0 bridgehead atoms. The fourth-order valence-electron chi connectivity index (χ4n) is 2.58. The number of aliphatic imine (C=N–C) groups is 1. The van der Waals surface area contributed by atoms with E-state index < -0.39 is 18.6 Å². The van der Waals surface area contributed by atoms with Crippen LogP contribution in [0.5, 0.6) is 0 Å². The van der Waals surface area contributed by atoms with E-state index in [9.17, 15) is 22.8 Å². The first-order valence-corrected chi connectivity index (χ1v) is 7.43. The summed E-state index contributed by atoms with van der Waals surface area (Å²) in [5.74, 6) is -0.926. The minimum Gasteiger partial charge on any atom is -0.469 e. The maximum atomic E-state index is 12.3. The number of rotatable bonds is 4. The Kier molecular flexibility index (Phi) is 9.51. The summed E-state index contributed by atoms with van der Waals surface area (Å²) in [6.45, 7) is 1.19. The lowest BCUT2D eigenvalue weighted by molar-refractivity contribution is -0.157. The second kappa shape index (κ2) is 10.0. The first-order chi connectivity index (χ1) is 11.1. The minimum absolute atomic E-state index is 0. The Morgan fingerprint density at radius 3 is 2.44 bits per heavy atom. The molecule has 0 aromatic rings. The zero-order chi connectivity index (χ0) is 18.5. The molecule has 0 aliphatic carbocycles. The molecule has 1 rings (SSSR count). The van der Waals surface area contributed by atoms with E-state index in [4.69, 9.17) is 4.74 Å². The largest absolute Gasteiger partial charge is 0.469 e. The molecule has 1 saturated heterocycles. The molecule has 11 heteroatoms. The Morgan fingerprint density at radius 2 is 1.96 bits per heavy atom. The van der Waals surface area contributed by atoms with Gasteiger partial charge in [0.1, 0.15) is 6.54 Å². The molecule has 1 aliphatic heterocycles. The van der Waals surface area contributed by atoms with Gasteiger partial charge in [-0.25, -0.2) is 0 Å². The first-order valence-electron chi connectivity index (χ1n) is 7.43. The van der Waals surface area contributed by atoms with Crippen LogP contribution in [0, 0.1) is 11.8 Å². The third-order valence-electron chi connectivity index (χ3n) is 3.87. The normalized spacial score (nSPS) is 20.8. The van der Waals surface area contributed by atoms with Gasteiger partial charge in [0, 0.05) is 27.2 Å². The number of hydrogen-bond acceptors (Lipinski definition) is 4. The molecule has 0 aromatic carbocycles. The van der Waals surface area contributed by atoms with Gasteiger partial charge in [0.25, 0.3) is 0 Å². The molecular weight excluding hydrogens is 456 g/mol. The van der Waals surface area contributed by atoms with Gasteiger partial charge in [0.15, 0.2) is 5.96 Å². The number of amides is 1. The molecule has 2 unspecified atom stereocenters. The number of alkyl halides is 3. The van der Waals surface area contributed by atoms with Gasteiger partial charge in [-0.05, 0) is 5.92 Å². The van der Waals surface area contributed by atoms with Gasteiger partial charge in [-0.15, -0.1) is 24.0 Å². The van der Waals surface area contributed by atoms with E-state index in [0.29, 0.717) is 23.9 Å². The molecule has 0 aromatic heterocycles. The quantitative estimate of drug-likeness (QED) is 0.281. The lowest BCUT2D eigenvalue weighted by atomic mass is 9.99. The van der Waals surface area contributed by atoms with E-state index >= 15 is 0 Å². The van der Waals surface area contributed by atoms with Gasteiger partial charge in [-0.3, -0.25) is 14.6 Å². The van der Waals surface area contributed by atoms with Crippen LogP contribution >= 0.6 is 24.0 Å². The molecule has 25 heavy (non-hydrogen) atoms. The maximum absolute atomic E-state index is 12.3. The van der Waals surface area contributed by atoms with Crippen molar-refractivity contribution in [3.05, 3.63) is 0 Å². The predicted molar refractivity (Wildman–Crippen MR) is 96.7 cm³/mol. The van der Waals surface area contributed by atoms with Crippen molar-refractivity contribution >= 4 is 41.8 Å². The molecular formula is C14H24F3IN4O3. The van der Waals surface area contributed by atoms with E-state index in [1.54, 1.807) is 4.90 Å². The molecule has 0 spiro atoms. The number of nitrogens with one attached hydrogen (secondary N) is 1. The van der Waals surface area contributed by atoms with Crippen molar-refractivity contribution in [3.8, 4) is 0 Å². The molecule has 1 fully saturated rings. The highest BCUT2D eigenvalue weighted by Gasteiger charge is 2.37. The lowest BCUT2D eigenvalue weighted by Crippen LogP contribution is -2.46. The first kappa shape index (κ1) is 23.7. The van der Waals surface area contributed by atoms with Crippen molar-refractivity contribution in [2.24, 2.45) is 16.8 Å². The Balaban J connectivity index is 0.00000576. The number of ether oxygens (including phenoxy) is 1. The summed E-state index contributed by atoms with van der Waals surface area (Å²) in [7, 11) is 3.91. The van der Waals surface area contributed by atoms with Crippen molar-refractivity contribution < 1.29 is 27.5 Å². The molecule has 1 amide bonds. The zero-order valence-electron chi connectivity index (χ0n) is 14.6. The van der Waals surface area contributed by atoms with Gasteiger partial charge in [0.05, 0.1) is 19.6 Å². The lowest BCUT2D eigenvalue weighted by Gasteiger charge is -2.23.